The van der Waals surface area contributed by atoms with Gasteiger partial charge in [-0.3, -0.25) is 4.79 Å². The van der Waals surface area contributed by atoms with Gasteiger partial charge in [-0.2, -0.15) is 13.2 Å². The minimum Gasteiger partial charge on any atom is -0.383 e. The Labute approximate surface area is 129 Å². The molecule has 0 aliphatic carbocycles. The molecular formula is C13H16BrF3N2O2. The average Bonchev–Trinajstić information content (AvgIpc) is 2.35. The summed E-state index contributed by atoms with van der Waals surface area (Å²) in [4.78, 5) is 11.6. The summed E-state index contributed by atoms with van der Waals surface area (Å²) in [6.45, 7) is 2.00. The summed E-state index contributed by atoms with van der Waals surface area (Å²) in [5.74, 6) is -0.326. The summed E-state index contributed by atoms with van der Waals surface area (Å²) in [7, 11) is 1.51. The number of alkyl halides is 3. The highest BCUT2D eigenvalue weighted by atomic mass is 79.9. The van der Waals surface area contributed by atoms with E-state index in [9.17, 15) is 18.0 Å². The van der Waals surface area contributed by atoms with Crippen LogP contribution in [0, 0.1) is 0 Å². The Morgan fingerprint density at radius 1 is 1.38 bits per heavy atom. The molecule has 0 saturated carbocycles. The van der Waals surface area contributed by atoms with E-state index in [0.29, 0.717) is 6.61 Å². The standard InChI is InChI=1S/C13H16BrF3N2O2/c1-8(7-21-2)19-12(20)6-18-11-4-9(13(15,16)17)3-10(14)5-11/h3-5,8,18H,6-7H2,1-2H3,(H,19,20). The van der Waals surface area contributed by atoms with Gasteiger partial charge >= 0.3 is 6.18 Å². The van der Waals surface area contributed by atoms with Crippen LogP contribution in [0.15, 0.2) is 22.7 Å². The molecule has 0 spiro atoms. The largest absolute Gasteiger partial charge is 0.416 e. The second-order valence-electron chi connectivity index (χ2n) is 4.50. The van der Waals surface area contributed by atoms with E-state index in [2.05, 4.69) is 26.6 Å². The van der Waals surface area contributed by atoms with Crippen molar-refractivity contribution in [1.29, 1.82) is 0 Å². The first kappa shape index (κ1) is 17.8. The molecule has 21 heavy (non-hydrogen) atoms. The molecule has 1 unspecified atom stereocenters. The first-order chi connectivity index (χ1) is 9.72. The number of halogens is 4. The molecule has 1 amide bonds. The molecule has 1 aromatic carbocycles. The first-order valence-corrected chi connectivity index (χ1v) is 6.91. The summed E-state index contributed by atoms with van der Waals surface area (Å²) in [6.07, 6.45) is -4.44. The van der Waals surface area contributed by atoms with Crippen LogP contribution in [0.4, 0.5) is 18.9 Å². The van der Waals surface area contributed by atoms with Crippen LogP contribution in [-0.4, -0.2) is 32.2 Å². The van der Waals surface area contributed by atoms with Crippen LogP contribution < -0.4 is 10.6 Å². The van der Waals surface area contributed by atoms with Crippen molar-refractivity contribution in [3.05, 3.63) is 28.2 Å². The lowest BCUT2D eigenvalue weighted by molar-refractivity contribution is -0.137. The van der Waals surface area contributed by atoms with Crippen LogP contribution in [0.25, 0.3) is 0 Å². The zero-order valence-electron chi connectivity index (χ0n) is 11.6. The quantitative estimate of drug-likeness (QED) is 0.811. The van der Waals surface area contributed by atoms with Crippen LogP contribution in [0.5, 0.6) is 0 Å². The van der Waals surface area contributed by atoms with Gasteiger partial charge in [0.15, 0.2) is 0 Å². The van der Waals surface area contributed by atoms with Crippen LogP contribution in [0.2, 0.25) is 0 Å². The molecule has 1 atom stereocenters. The predicted molar refractivity (Wildman–Crippen MR) is 77.1 cm³/mol. The molecule has 0 radical (unpaired) electrons. The number of carbonyl (C=O) groups excluding carboxylic acids is 1. The maximum Gasteiger partial charge on any atom is 0.416 e. The molecule has 118 valence electrons. The van der Waals surface area contributed by atoms with E-state index < -0.39 is 11.7 Å². The van der Waals surface area contributed by atoms with Crippen molar-refractivity contribution in [3.8, 4) is 0 Å². The van der Waals surface area contributed by atoms with Crippen molar-refractivity contribution in [2.75, 3.05) is 25.6 Å². The third kappa shape index (κ3) is 6.34. The monoisotopic (exact) mass is 368 g/mol. The van der Waals surface area contributed by atoms with Crippen LogP contribution in [0.3, 0.4) is 0 Å². The minimum absolute atomic E-state index is 0.123. The van der Waals surface area contributed by atoms with Gasteiger partial charge in [-0.25, -0.2) is 0 Å². The van der Waals surface area contributed by atoms with Gasteiger partial charge in [-0.1, -0.05) is 15.9 Å². The summed E-state index contributed by atoms with van der Waals surface area (Å²) in [6, 6.07) is 3.24. The van der Waals surface area contributed by atoms with Gasteiger partial charge in [0, 0.05) is 23.3 Å². The van der Waals surface area contributed by atoms with Crippen molar-refractivity contribution < 1.29 is 22.7 Å². The summed E-state index contributed by atoms with van der Waals surface area (Å²) in [5, 5.41) is 5.31. The molecule has 8 heteroatoms. The number of anilines is 1. The lowest BCUT2D eigenvalue weighted by Crippen LogP contribution is -2.39. The van der Waals surface area contributed by atoms with E-state index in [-0.39, 0.29) is 28.7 Å². The Kier molecular flexibility index (Phi) is 6.47. The second kappa shape index (κ2) is 7.65. The van der Waals surface area contributed by atoms with Crippen molar-refractivity contribution in [2.24, 2.45) is 0 Å². The smallest absolute Gasteiger partial charge is 0.383 e. The zero-order chi connectivity index (χ0) is 16.0. The van der Waals surface area contributed by atoms with Gasteiger partial charge in [-0.15, -0.1) is 0 Å². The molecule has 2 N–H and O–H groups in total. The molecule has 0 fully saturated rings. The van der Waals surface area contributed by atoms with Crippen LogP contribution in [0.1, 0.15) is 12.5 Å². The van der Waals surface area contributed by atoms with Gasteiger partial charge < -0.3 is 15.4 Å². The Bertz CT molecular complexity index is 495. The Morgan fingerprint density at radius 3 is 2.62 bits per heavy atom. The number of benzene rings is 1. The highest BCUT2D eigenvalue weighted by Crippen LogP contribution is 2.33. The Morgan fingerprint density at radius 2 is 2.05 bits per heavy atom. The summed E-state index contributed by atoms with van der Waals surface area (Å²) in [5.41, 5.74) is -0.571. The van der Waals surface area contributed by atoms with Crippen molar-refractivity contribution in [3.63, 3.8) is 0 Å². The molecule has 1 rings (SSSR count). The van der Waals surface area contributed by atoms with E-state index in [0.717, 1.165) is 12.1 Å². The Balaban J connectivity index is 2.63. The van der Waals surface area contributed by atoms with Gasteiger partial charge in [0.2, 0.25) is 5.91 Å². The summed E-state index contributed by atoms with van der Waals surface area (Å²) < 4.78 is 43.1. The van der Waals surface area contributed by atoms with Gasteiger partial charge in [-0.05, 0) is 25.1 Å². The molecule has 0 heterocycles. The number of nitrogens with one attached hydrogen (secondary N) is 2. The number of methoxy groups -OCH3 is 1. The van der Waals surface area contributed by atoms with Gasteiger partial charge in [0.05, 0.1) is 18.7 Å². The van der Waals surface area contributed by atoms with Crippen molar-refractivity contribution in [1.82, 2.24) is 5.32 Å². The lowest BCUT2D eigenvalue weighted by atomic mass is 10.2. The third-order valence-corrected chi connectivity index (χ3v) is 2.96. The highest BCUT2D eigenvalue weighted by molar-refractivity contribution is 9.10. The van der Waals surface area contributed by atoms with E-state index in [1.54, 1.807) is 6.92 Å². The average molecular weight is 369 g/mol. The van der Waals surface area contributed by atoms with E-state index in [4.69, 9.17) is 4.74 Å². The number of amides is 1. The second-order valence-corrected chi connectivity index (χ2v) is 5.42. The molecule has 1 aromatic rings. The fourth-order valence-corrected chi connectivity index (χ4v) is 2.15. The molecule has 0 aliphatic rings. The van der Waals surface area contributed by atoms with Crippen molar-refractivity contribution in [2.45, 2.75) is 19.1 Å². The molecule has 0 aliphatic heterocycles. The van der Waals surface area contributed by atoms with Gasteiger partial charge in [0.25, 0.3) is 0 Å². The summed E-state index contributed by atoms with van der Waals surface area (Å²) >= 11 is 3.02. The fourth-order valence-electron chi connectivity index (χ4n) is 1.66. The SMILES string of the molecule is COCC(C)NC(=O)CNc1cc(Br)cc(C(F)(F)F)c1. The van der Waals surface area contributed by atoms with Crippen molar-refractivity contribution >= 4 is 27.5 Å². The molecule has 4 nitrogen and oxygen atoms in total. The fraction of sp³-hybridized carbons (Fsp3) is 0.462. The topological polar surface area (TPSA) is 50.4 Å². The highest BCUT2D eigenvalue weighted by Gasteiger charge is 2.31. The van der Waals surface area contributed by atoms with E-state index in [1.165, 1.54) is 13.2 Å². The van der Waals surface area contributed by atoms with Gasteiger partial charge in [0.1, 0.15) is 0 Å². The molecule has 0 saturated heterocycles. The minimum atomic E-state index is -4.44. The predicted octanol–water partition coefficient (Wildman–Crippen LogP) is 3.03. The normalized spacial score (nSPS) is 12.9. The number of ether oxygens (including phenoxy) is 1. The molecular weight excluding hydrogens is 353 g/mol. The maximum absolute atomic E-state index is 12.7. The van der Waals surface area contributed by atoms with E-state index >= 15 is 0 Å². The van der Waals surface area contributed by atoms with Crippen LogP contribution >= 0.6 is 15.9 Å². The maximum atomic E-state index is 12.7. The first-order valence-electron chi connectivity index (χ1n) is 6.12. The number of rotatable bonds is 6. The zero-order valence-corrected chi connectivity index (χ0v) is 13.1. The molecule has 0 aromatic heterocycles. The third-order valence-electron chi connectivity index (χ3n) is 2.50. The number of carbonyl (C=O) groups is 1. The number of hydrogen-bond donors (Lipinski definition) is 2. The van der Waals surface area contributed by atoms with Crippen LogP contribution in [-0.2, 0) is 15.7 Å². The van der Waals surface area contributed by atoms with E-state index in [1.807, 2.05) is 0 Å². The number of hydrogen-bond acceptors (Lipinski definition) is 3. The lowest BCUT2D eigenvalue weighted by Gasteiger charge is -2.14. The molecule has 0 bridgehead atoms. The Hall–Kier alpha value is -1.28.